The van der Waals surface area contributed by atoms with E-state index < -0.39 is 0 Å². The average molecular weight is 248 g/mol. The molecule has 0 fully saturated rings. The van der Waals surface area contributed by atoms with Crippen LogP contribution in [0.25, 0.3) is 10.9 Å². The highest BCUT2D eigenvalue weighted by Gasteiger charge is 2.00. The first-order valence-electron chi connectivity index (χ1n) is 5.85. The van der Waals surface area contributed by atoms with Gasteiger partial charge in [-0.15, -0.1) is 0 Å². The van der Waals surface area contributed by atoms with E-state index in [4.69, 9.17) is 0 Å². The minimum Gasteiger partial charge on any atom is -0.857 e. The second kappa shape index (κ2) is 4.86. The van der Waals surface area contributed by atoms with Gasteiger partial charge in [-0.05, 0) is 24.3 Å². The Bertz CT molecular complexity index is 733. The molecule has 0 bridgehead atoms. The van der Waals surface area contributed by atoms with Crippen LogP contribution in [0.1, 0.15) is 5.69 Å². The third kappa shape index (κ3) is 2.28. The number of nitrogens with zero attached hydrogens (tertiary/aromatic N) is 3. The first-order valence-corrected chi connectivity index (χ1v) is 5.85. The molecule has 3 rings (SSSR count). The molecule has 0 spiro atoms. The van der Waals surface area contributed by atoms with Gasteiger partial charge in [0.2, 0.25) is 0 Å². The molecular weight excluding hydrogens is 238 g/mol. The average Bonchev–Trinajstić information content (AvgIpc) is 2.48. The Hall–Kier alpha value is -2.75. The predicted molar refractivity (Wildman–Crippen MR) is 72.2 cm³/mol. The lowest BCUT2D eigenvalue weighted by Crippen LogP contribution is -2.19. The Kier molecular flexibility index (Phi) is 2.90. The number of hydrogen-bond acceptors (Lipinski definition) is 4. The van der Waals surface area contributed by atoms with E-state index in [-0.39, 0.29) is 5.90 Å². The number of rotatable bonds is 2. The maximum atomic E-state index is 12.0. The quantitative estimate of drug-likeness (QED) is 0.515. The number of hydrogen-bond donors (Lipinski definition) is 0. The summed E-state index contributed by atoms with van der Waals surface area (Å²) in [7, 11) is 0. The standard InChI is InChI=1S/C15H11N3O/c19-15(13-7-1-2-9-16-13)18-12-8-3-5-11-6-4-10-17-14(11)12/h1-10H,(H,18,19)/p-1. The van der Waals surface area contributed by atoms with Crippen LogP contribution in [0.3, 0.4) is 0 Å². The van der Waals surface area contributed by atoms with Gasteiger partial charge in [-0.3, -0.25) is 15.0 Å². The number of benzene rings is 1. The molecule has 0 N–H and O–H groups in total. The van der Waals surface area contributed by atoms with Gasteiger partial charge < -0.3 is 5.11 Å². The molecular formula is C15H10N3O-. The van der Waals surface area contributed by atoms with Gasteiger partial charge in [-0.2, -0.15) is 0 Å². The lowest BCUT2D eigenvalue weighted by molar-refractivity contribution is -0.213. The Balaban J connectivity index is 2.11. The van der Waals surface area contributed by atoms with E-state index in [9.17, 15) is 5.11 Å². The summed E-state index contributed by atoms with van der Waals surface area (Å²) >= 11 is 0. The molecule has 0 saturated heterocycles. The van der Waals surface area contributed by atoms with Crippen molar-refractivity contribution in [2.45, 2.75) is 0 Å². The van der Waals surface area contributed by atoms with E-state index in [1.54, 1.807) is 36.7 Å². The molecule has 0 atom stereocenters. The van der Waals surface area contributed by atoms with Crippen molar-refractivity contribution >= 4 is 22.5 Å². The maximum absolute atomic E-state index is 12.0. The highest BCUT2D eigenvalue weighted by atomic mass is 16.3. The van der Waals surface area contributed by atoms with E-state index in [1.165, 1.54) is 0 Å². The van der Waals surface area contributed by atoms with E-state index in [0.29, 0.717) is 16.9 Å². The number of aliphatic imine (C=N–C) groups is 1. The van der Waals surface area contributed by atoms with E-state index >= 15 is 0 Å². The van der Waals surface area contributed by atoms with Crippen molar-refractivity contribution in [2.75, 3.05) is 0 Å². The van der Waals surface area contributed by atoms with Crippen molar-refractivity contribution in [3.63, 3.8) is 0 Å². The fourth-order valence-corrected chi connectivity index (χ4v) is 1.83. The molecule has 0 aliphatic rings. The van der Waals surface area contributed by atoms with E-state index in [2.05, 4.69) is 15.0 Å². The molecule has 4 heteroatoms. The minimum absolute atomic E-state index is 0.329. The van der Waals surface area contributed by atoms with Crippen LogP contribution in [0.15, 0.2) is 65.9 Å². The fourth-order valence-electron chi connectivity index (χ4n) is 1.83. The molecule has 0 radical (unpaired) electrons. The highest BCUT2D eigenvalue weighted by Crippen LogP contribution is 2.23. The number of pyridine rings is 2. The molecule has 1 aromatic carbocycles. The molecule has 0 unspecified atom stereocenters. The molecule has 3 aromatic rings. The van der Waals surface area contributed by atoms with Gasteiger partial charge in [-0.25, -0.2) is 0 Å². The monoisotopic (exact) mass is 248 g/mol. The van der Waals surface area contributed by atoms with Crippen molar-refractivity contribution in [1.82, 2.24) is 9.97 Å². The second-order valence-corrected chi connectivity index (χ2v) is 3.98. The Morgan fingerprint density at radius 1 is 0.895 bits per heavy atom. The van der Waals surface area contributed by atoms with Crippen molar-refractivity contribution in [3.8, 4) is 0 Å². The molecule has 2 heterocycles. The molecule has 4 nitrogen and oxygen atoms in total. The van der Waals surface area contributed by atoms with E-state index in [1.807, 2.05) is 24.3 Å². The topological polar surface area (TPSA) is 61.2 Å². The summed E-state index contributed by atoms with van der Waals surface area (Å²) in [5.41, 5.74) is 1.61. The highest BCUT2D eigenvalue weighted by molar-refractivity contribution is 5.95. The molecule has 19 heavy (non-hydrogen) atoms. The molecule has 0 saturated carbocycles. The van der Waals surface area contributed by atoms with Gasteiger partial charge in [0.1, 0.15) is 0 Å². The van der Waals surface area contributed by atoms with Gasteiger partial charge >= 0.3 is 0 Å². The summed E-state index contributed by atoms with van der Waals surface area (Å²) in [6, 6.07) is 14.5. The predicted octanol–water partition coefficient (Wildman–Crippen LogP) is 2.07. The zero-order valence-corrected chi connectivity index (χ0v) is 10.0. The normalized spacial score (nSPS) is 11.7. The fraction of sp³-hybridized carbons (Fsp3) is 0. The SMILES string of the molecule is [O-]C(=Nc1cccc2cccnc12)c1ccccn1. The number of aromatic nitrogens is 2. The van der Waals surface area contributed by atoms with Gasteiger partial charge in [0.15, 0.2) is 0 Å². The minimum atomic E-state index is -0.362. The van der Waals surface area contributed by atoms with Crippen molar-refractivity contribution in [3.05, 3.63) is 66.6 Å². The van der Waals surface area contributed by atoms with Crippen LogP contribution in [0.2, 0.25) is 0 Å². The van der Waals surface area contributed by atoms with Crippen LogP contribution >= 0.6 is 0 Å². The van der Waals surface area contributed by atoms with Crippen molar-refractivity contribution in [2.24, 2.45) is 4.99 Å². The zero-order chi connectivity index (χ0) is 13.1. The van der Waals surface area contributed by atoms with Crippen LogP contribution in [-0.4, -0.2) is 15.9 Å². The first-order chi connectivity index (χ1) is 9.34. The summed E-state index contributed by atoms with van der Waals surface area (Å²) in [4.78, 5) is 12.3. The summed E-state index contributed by atoms with van der Waals surface area (Å²) in [6.45, 7) is 0. The summed E-state index contributed by atoms with van der Waals surface area (Å²) in [5, 5.41) is 13.0. The summed E-state index contributed by atoms with van der Waals surface area (Å²) < 4.78 is 0. The van der Waals surface area contributed by atoms with Gasteiger partial charge in [0, 0.05) is 23.7 Å². The molecule has 92 valence electrons. The largest absolute Gasteiger partial charge is 0.857 e. The van der Waals surface area contributed by atoms with Crippen molar-refractivity contribution in [1.29, 1.82) is 0 Å². The van der Waals surface area contributed by atoms with Crippen LogP contribution in [0.4, 0.5) is 5.69 Å². The summed E-state index contributed by atoms with van der Waals surface area (Å²) in [6.07, 6.45) is 3.26. The van der Waals surface area contributed by atoms with Crippen LogP contribution in [0, 0.1) is 0 Å². The Morgan fingerprint density at radius 2 is 1.74 bits per heavy atom. The van der Waals surface area contributed by atoms with Gasteiger partial charge in [0.25, 0.3) is 0 Å². The smallest absolute Gasteiger partial charge is 0.0958 e. The maximum Gasteiger partial charge on any atom is 0.0958 e. The van der Waals surface area contributed by atoms with Crippen LogP contribution in [-0.2, 0) is 0 Å². The third-order valence-corrected chi connectivity index (χ3v) is 2.72. The first kappa shape index (κ1) is 11.3. The Morgan fingerprint density at radius 3 is 2.58 bits per heavy atom. The van der Waals surface area contributed by atoms with E-state index in [0.717, 1.165) is 5.39 Å². The molecule has 0 aliphatic carbocycles. The van der Waals surface area contributed by atoms with Gasteiger partial charge in [0.05, 0.1) is 16.9 Å². The second-order valence-electron chi connectivity index (χ2n) is 3.98. The summed E-state index contributed by atoms with van der Waals surface area (Å²) in [5.74, 6) is -0.362. The van der Waals surface area contributed by atoms with Gasteiger partial charge in [-0.1, -0.05) is 24.3 Å². The number of para-hydroxylation sites is 1. The zero-order valence-electron chi connectivity index (χ0n) is 10.0. The lowest BCUT2D eigenvalue weighted by Gasteiger charge is -2.10. The Labute approximate surface area is 110 Å². The molecule has 2 aromatic heterocycles. The molecule has 0 amide bonds. The van der Waals surface area contributed by atoms with Crippen LogP contribution in [0.5, 0.6) is 0 Å². The van der Waals surface area contributed by atoms with Crippen molar-refractivity contribution < 1.29 is 5.11 Å². The number of fused-ring (bicyclic) bond motifs is 1. The third-order valence-electron chi connectivity index (χ3n) is 2.72. The molecule has 0 aliphatic heterocycles. The van der Waals surface area contributed by atoms with Crippen LogP contribution < -0.4 is 5.11 Å². The lowest BCUT2D eigenvalue weighted by atomic mass is 10.2.